The van der Waals surface area contributed by atoms with Gasteiger partial charge in [0, 0.05) is 30.1 Å². The number of hydrogen-bond acceptors (Lipinski definition) is 7. The quantitative estimate of drug-likeness (QED) is 0.497. The van der Waals surface area contributed by atoms with Crippen molar-refractivity contribution in [3.8, 4) is 5.88 Å². The van der Waals surface area contributed by atoms with Crippen molar-refractivity contribution in [2.24, 2.45) is 16.1 Å². The van der Waals surface area contributed by atoms with Crippen LogP contribution in [0.2, 0.25) is 5.02 Å². The van der Waals surface area contributed by atoms with Crippen LogP contribution < -0.4 is 15.5 Å². The second-order valence-electron chi connectivity index (χ2n) is 8.85. The molecule has 0 aliphatic carbocycles. The summed E-state index contributed by atoms with van der Waals surface area (Å²) in [7, 11) is 0. The topological polar surface area (TPSA) is 98.4 Å². The van der Waals surface area contributed by atoms with Gasteiger partial charge in [0.25, 0.3) is 0 Å². The monoisotopic (exact) mass is 548 g/mol. The molecule has 0 bridgehead atoms. The Kier molecular flexibility index (Phi) is 6.67. The van der Waals surface area contributed by atoms with Gasteiger partial charge in [-0.05, 0) is 53.5 Å². The molecule has 192 valence electrons. The molecule has 2 aromatic carbocycles. The molecule has 2 aliphatic heterocycles. The van der Waals surface area contributed by atoms with Gasteiger partial charge in [0.1, 0.15) is 0 Å². The molecule has 2 N–H and O–H groups in total. The predicted molar refractivity (Wildman–Crippen MR) is 134 cm³/mol. The number of aromatic nitrogens is 1. The molecule has 1 atom stereocenters. The van der Waals surface area contributed by atoms with Crippen LogP contribution in [-0.4, -0.2) is 40.5 Å². The SMILES string of the molecule is O=C(O)[C@H]1CCCN(c2nc(O)c(C(Cc3ccc(Cl)cc3C(F)(F)F)=c3ccc4c(c3)C=NN=4)s2)C1. The molecule has 3 aromatic rings. The zero-order valence-electron chi connectivity index (χ0n) is 19.2. The lowest BCUT2D eigenvalue weighted by molar-refractivity contribution is -0.142. The van der Waals surface area contributed by atoms with Gasteiger partial charge >= 0.3 is 12.1 Å². The Hall–Kier alpha value is -3.44. The first-order chi connectivity index (χ1) is 17.6. The maximum atomic E-state index is 13.9. The van der Waals surface area contributed by atoms with Crippen molar-refractivity contribution >= 4 is 45.8 Å². The van der Waals surface area contributed by atoms with Gasteiger partial charge in [0.05, 0.1) is 27.9 Å². The number of nitrogens with zero attached hydrogens (tertiary/aromatic N) is 4. The van der Waals surface area contributed by atoms with Crippen LogP contribution in [0.25, 0.3) is 5.57 Å². The minimum Gasteiger partial charge on any atom is -0.492 e. The molecule has 0 unspecified atom stereocenters. The zero-order valence-corrected chi connectivity index (χ0v) is 20.7. The third-order valence-electron chi connectivity index (χ3n) is 6.40. The number of thiazole rings is 1. The van der Waals surface area contributed by atoms with Crippen molar-refractivity contribution in [3.63, 3.8) is 0 Å². The van der Waals surface area contributed by atoms with Crippen LogP contribution in [0.15, 0.2) is 46.6 Å². The molecule has 0 spiro atoms. The van der Waals surface area contributed by atoms with Crippen LogP contribution in [0.3, 0.4) is 0 Å². The van der Waals surface area contributed by atoms with E-state index in [1.807, 2.05) is 0 Å². The molecule has 0 radical (unpaired) electrons. The summed E-state index contributed by atoms with van der Waals surface area (Å²) in [6, 6.07) is 8.81. The summed E-state index contributed by atoms with van der Waals surface area (Å²) >= 11 is 7.00. The van der Waals surface area contributed by atoms with E-state index in [4.69, 9.17) is 11.6 Å². The number of aromatic hydroxyl groups is 1. The summed E-state index contributed by atoms with van der Waals surface area (Å²) in [6.07, 6.45) is -2.04. The lowest BCUT2D eigenvalue weighted by Gasteiger charge is -2.30. The first kappa shape index (κ1) is 25.2. The van der Waals surface area contributed by atoms with Crippen LogP contribution in [0.4, 0.5) is 18.3 Å². The van der Waals surface area contributed by atoms with Crippen LogP contribution >= 0.6 is 22.9 Å². The molecule has 3 heterocycles. The molecule has 12 heteroatoms. The molecule has 5 rings (SSSR count). The maximum Gasteiger partial charge on any atom is 0.416 e. The number of fused-ring (bicyclic) bond motifs is 1. The van der Waals surface area contributed by atoms with Crippen LogP contribution in [0, 0.1) is 5.92 Å². The molecule has 0 amide bonds. The molecule has 37 heavy (non-hydrogen) atoms. The van der Waals surface area contributed by atoms with E-state index in [1.54, 1.807) is 29.3 Å². The Labute approximate surface area is 217 Å². The average molecular weight is 549 g/mol. The number of halogens is 4. The fourth-order valence-corrected chi connectivity index (χ4v) is 5.78. The maximum absolute atomic E-state index is 13.9. The van der Waals surface area contributed by atoms with E-state index in [9.17, 15) is 28.2 Å². The fourth-order valence-electron chi connectivity index (χ4n) is 4.55. The predicted octanol–water partition coefficient (Wildman–Crippen LogP) is 4.23. The standard InChI is InChI=1S/C25H20ClF3N4O3S/c26-17-5-3-14(19(10-17)25(27,28)29)9-18(13-4-6-20-16(8-13)11-30-32-20)21-22(34)31-24(37-21)33-7-1-2-15(12-33)23(35)36/h3-6,8,10-11,15,34H,1-2,7,9,12H2,(H,35,36)/t15-/m0/s1. The van der Waals surface area contributed by atoms with Crippen LogP contribution in [0.5, 0.6) is 5.88 Å². The van der Waals surface area contributed by atoms with Gasteiger partial charge in [-0.1, -0.05) is 35.1 Å². The summed E-state index contributed by atoms with van der Waals surface area (Å²) in [6.45, 7) is 0.807. The lowest BCUT2D eigenvalue weighted by Crippen LogP contribution is -2.38. The molecular formula is C25H20ClF3N4O3S. The lowest BCUT2D eigenvalue weighted by atomic mass is 9.96. The normalized spacial score (nSPS) is 17.9. The van der Waals surface area contributed by atoms with E-state index < -0.39 is 23.6 Å². The highest BCUT2D eigenvalue weighted by Gasteiger charge is 2.34. The Morgan fingerprint density at radius 1 is 1.22 bits per heavy atom. The van der Waals surface area contributed by atoms with Gasteiger partial charge in [-0.15, -0.1) is 0 Å². The number of aliphatic carboxylic acids is 1. The number of piperidine rings is 1. The summed E-state index contributed by atoms with van der Waals surface area (Å²) in [5.74, 6) is -1.78. The number of rotatable bonds is 5. The average Bonchev–Trinajstić information content (AvgIpc) is 3.49. The van der Waals surface area contributed by atoms with Crippen molar-refractivity contribution in [1.29, 1.82) is 0 Å². The van der Waals surface area contributed by atoms with E-state index in [0.717, 1.165) is 17.4 Å². The Morgan fingerprint density at radius 3 is 2.78 bits per heavy atom. The molecule has 7 nitrogen and oxygen atoms in total. The second kappa shape index (κ2) is 9.79. The third-order valence-corrected chi connectivity index (χ3v) is 7.80. The number of carboxylic acid groups (broad SMARTS) is 1. The highest BCUT2D eigenvalue weighted by molar-refractivity contribution is 7.17. The number of anilines is 1. The van der Waals surface area contributed by atoms with Crippen molar-refractivity contribution in [3.05, 3.63) is 73.6 Å². The summed E-state index contributed by atoms with van der Waals surface area (Å²) in [5, 5.41) is 29.8. The van der Waals surface area contributed by atoms with Crippen molar-refractivity contribution in [2.75, 3.05) is 18.0 Å². The second-order valence-corrected chi connectivity index (χ2v) is 10.3. The summed E-state index contributed by atoms with van der Waals surface area (Å²) < 4.78 is 41.6. The first-order valence-electron chi connectivity index (χ1n) is 11.4. The van der Waals surface area contributed by atoms with E-state index in [0.29, 0.717) is 51.1 Å². The van der Waals surface area contributed by atoms with Gasteiger partial charge in [0.2, 0.25) is 5.88 Å². The Balaban J connectivity index is 1.64. The van der Waals surface area contributed by atoms with Crippen molar-refractivity contribution < 1.29 is 28.2 Å². The number of carbonyl (C=O) groups is 1. The molecular weight excluding hydrogens is 529 g/mol. The number of alkyl halides is 3. The van der Waals surface area contributed by atoms with E-state index in [-0.39, 0.29) is 29.4 Å². The third kappa shape index (κ3) is 5.19. The van der Waals surface area contributed by atoms with Gasteiger partial charge in [-0.25, -0.2) is 0 Å². The van der Waals surface area contributed by atoms with Gasteiger partial charge in [0.15, 0.2) is 5.13 Å². The van der Waals surface area contributed by atoms with E-state index >= 15 is 0 Å². The molecule has 1 fully saturated rings. The number of hydrogen-bond donors (Lipinski definition) is 2. The smallest absolute Gasteiger partial charge is 0.416 e. The number of carboxylic acids is 1. The molecule has 1 saturated heterocycles. The molecule has 0 saturated carbocycles. The summed E-state index contributed by atoms with van der Waals surface area (Å²) in [5.41, 5.74) is 0.263. The first-order valence-corrected chi connectivity index (χ1v) is 12.6. The molecule has 1 aromatic heterocycles. The zero-order chi connectivity index (χ0) is 26.3. The van der Waals surface area contributed by atoms with Crippen LogP contribution in [-0.2, 0) is 17.4 Å². The Morgan fingerprint density at radius 2 is 2.03 bits per heavy atom. The Bertz CT molecular complexity index is 1540. The van der Waals surface area contributed by atoms with Crippen LogP contribution in [0.1, 0.15) is 34.4 Å². The highest BCUT2D eigenvalue weighted by atomic mass is 35.5. The van der Waals surface area contributed by atoms with Gasteiger partial charge in [-0.3, -0.25) is 4.79 Å². The summed E-state index contributed by atoms with van der Waals surface area (Å²) in [4.78, 5) is 17.9. The van der Waals surface area contributed by atoms with Gasteiger partial charge < -0.3 is 15.1 Å². The van der Waals surface area contributed by atoms with E-state index in [1.165, 1.54) is 12.1 Å². The fraction of sp³-hybridized carbons (Fsp3) is 0.280. The van der Waals surface area contributed by atoms with Crippen molar-refractivity contribution in [2.45, 2.75) is 25.4 Å². The highest BCUT2D eigenvalue weighted by Crippen LogP contribution is 2.40. The molecule has 2 aliphatic rings. The minimum absolute atomic E-state index is 0.0102. The minimum atomic E-state index is -4.63. The van der Waals surface area contributed by atoms with E-state index in [2.05, 4.69) is 15.2 Å². The largest absolute Gasteiger partial charge is 0.492 e. The van der Waals surface area contributed by atoms with Gasteiger partial charge in [-0.2, -0.15) is 28.4 Å². The number of benzene rings is 2. The van der Waals surface area contributed by atoms with Crippen molar-refractivity contribution in [1.82, 2.24) is 4.98 Å².